The summed E-state index contributed by atoms with van der Waals surface area (Å²) >= 11 is 5.64. The largest absolute Gasteiger partial charge is 0.239 e. The van der Waals surface area contributed by atoms with E-state index in [9.17, 15) is 0 Å². The maximum Gasteiger partial charge on any atom is 0.172 e. The van der Waals surface area contributed by atoms with Crippen LogP contribution in [0.1, 0.15) is 11.4 Å². The molecule has 72 valence electrons. The highest BCUT2D eigenvalue weighted by Gasteiger charge is 2.04. The maximum atomic E-state index is 5.64. The molecule has 5 heteroatoms. The molecule has 0 saturated carbocycles. The predicted molar refractivity (Wildman–Crippen MR) is 53.6 cm³/mol. The monoisotopic (exact) mass is 208 g/mol. The van der Waals surface area contributed by atoms with E-state index in [1.165, 1.54) is 6.20 Å². The zero-order valence-electron chi connectivity index (χ0n) is 7.90. The van der Waals surface area contributed by atoms with Crippen LogP contribution < -0.4 is 0 Å². The van der Waals surface area contributed by atoms with Gasteiger partial charge in [-0.15, -0.1) is 0 Å². The van der Waals surface area contributed by atoms with E-state index in [1.807, 2.05) is 19.9 Å². The maximum absolute atomic E-state index is 5.64. The van der Waals surface area contributed by atoms with Crippen molar-refractivity contribution >= 4 is 11.6 Å². The first-order valence-electron chi connectivity index (χ1n) is 4.18. The van der Waals surface area contributed by atoms with Crippen molar-refractivity contribution in [1.29, 1.82) is 0 Å². The Morgan fingerprint density at radius 2 is 2.00 bits per heavy atom. The summed E-state index contributed by atoms with van der Waals surface area (Å²) in [7, 11) is 0. The first-order chi connectivity index (χ1) is 6.66. The van der Waals surface area contributed by atoms with Gasteiger partial charge in [0.25, 0.3) is 0 Å². The average Bonchev–Trinajstić information content (AvgIpc) is 2.47. The molecule has 4 nitrogen and oxygen atoms in total. The number of hydrogen-bond acceptors (Lipinski definition) is 3. The van der Waals surface area contributed by atoms with Gasteiger partial charge in [0.1, 0.15) is 5.15 Å². The van der Waals surface area contributed by atoms with Gasteiger partial charge in [-0.1, -0.05) is 11.6 Å². The van der Waals surface area contributed by atoms with Crippen LogP contribution in [0.3, 0.4) is 0 Å². The summed E-state index contributed by atoms with van der Waals surface area (Å²) in [5.74, 6) is 0.681. The van der Waals surface area contributed by atoms with Crippen LogP contribution in [-0.2, 0) is 0 Å². The third-order valence-electron chi connectivity index (χ3n) is 1.83. The second kappa shape index (κ2) is 3.38. The van der Waals surface area contributed by atoms with Crippen molar-refractivity contribution in [3.05, 3.63) is 35.0 Å². The van der Waals surface area contributed by atoms with Gasteiger partial charge in [-0.2, -0.15) is 5.10 Å². The molecule has 0 aliphatic heterocycles. The van der Waals surface area contributed by atoms with Gasteiger partial charge in [-0.05, 0) is 19.9 Å². The van der Waals surface area contributed by atoms with Crippen LogP contribution in [0.2, 0.25) is 5.15 Å². The fourth-order valence-electron chi connectivity index (χ4n) is 1.28. The van der Waals surface area contributed by atoms with Crippen LogP contribution in [0.5, 0.6) is 0 Å². The lowest BCUT2D eigenvalue weighted by atomic mass is 10.4. The standard InChI is InChI=1S/C9H9ClN4/c1-6-3-7(2)14(13-6)9-5-11-8(10)4-12-9/h3-5H,1-2H3. The zero-order chi connectivity index (χ0) is 10.1. The molecular weight excluding hydrogens is 200 g/mol. The van der Waals surface area contributed by atoms with E-state index in [1.54, 1.807) is 10.9 Å². The molecule has 0 spiro atoms. The minimum absolute atomic E-state index is 0.385. The van der Waals surface area contributed by atoms with Crippen molar-refractivity contribution < 1.29 is 0 Å². The SMILES string of the molecule is Cc1cc(C)n(-c2cnc(Cl)cn2)n1. The summed E-state index contributed by atoms with van der Waals surface area (Å²) in [6.45, 7) is 3.91. The predicted octanol–water partition coefficient (Wildman–Crippen LogP) is 1.93. The van der Waals surface area contributed by atoms with E-state index in [0.29, 0.717) is 11.0 Å². The van der Waals surface area contributed by atoms with E-state index in [0.717, 1.165) is 11.4 Å². The number of rotatable bonds is 1. The normalized spacial score (nSPS) is 10.5. The van der Waals surface area contributed by atoms with Gasteiger partial charge in [-0.3, -0.25) is 0 Å². The molecule has 0 saturated heterocycles. The first-order valence-corrected chi connectivity index (χ1v) is 4.56. The molecule has 0 aliphatic rings. The van der Waals surface area contributed by atoms with Gasteiger partial charge in [0.2, 0.25) is 0 Å². The summed E-state index contributed by atoms with van der Waals surface area (Å²) in [6.07, 6.45) is 3.11. The summed E-state index contributed by atoms with van der Waals surface area (Å²) in [4.78, 5) is 8.08. The van der Waals surface area contributed by atoms with E-state index < -0.39 is 0 Å². The third kappa shape index (κ3) is 1.61. The molecule has 2 rings (SSSR count). The van der Waals surface area contributed by atoms with Crippen LogP contribution in [0, 0.1) is 13.8 Å². The topological polar surface area (TPSA) is 43.6 Å². The Bertz CT molecular complexity index is 446. The van der Waals surface area contributed by atoms with Crippen LogP contribution in [0.15, 0.2) is 18.5 Å². The number of nitrogens with zero attached hydrogens (tertiary/aromatic N) is 4. The zero-order valence-corrected chi connectivity index (χ0v) is 8.65. The second-order valence-corrected chi connectivity index (χ2v) is 3.42. The fraction of sp³-hybridized carbons (Fsp3) is 0.222. The lowest BCUT2D eigenvalue weighted by Crippen LogP contribution is -2.02. The van der Waals surface area contributed by atoms with E-state index >= 15 is 0 Å². The lowest BCUT2D eigenvalue weighted by Gasteiger charge is -2.01. The molecule has 0 N–H and O–H groups in total. The molecule has 0 bridgehead atoms. The van der Waals surface area contributed by atoms with Gasteiger partial charge >= 0.3 is 0 Å². The Balaban J connectivity index is 2.49. The summed E-state index contributed by atoms with van der Waals surface area (Å²) in [6, 6.07) is 1.98. The molecule has 0 aliphatic carbocycles. The summed E-state index contributed by atoms with van der Waals surface area (Å²) in [5, 5.41) is 4.67. The Labute approximate surface area is 86.6 Å². The molecule has 0 aromatic carbocycles. The molecule has 14 heavy (non-hydrogen) atoms. The van der Waals surface area contributed by atoms with Crippen LogP contribution in [0.4, 0.5) is 0 Å². The average molecular weight is 209 g/mol. The van der Waals surface area contributed by atoms with Crippen molar-refractivity contribution in [2.75, 3.05) is 0 Å². The molecule has 2 aromatic heterocycles. The Morgan fingerprint density at radius 3 is 2.50 bits per heavy atom. The van der Waals surface area contributed by atoms with Gasteiger partial charge in [0, 0.05) is 5.69 Å². The van der Waals surface area contributed by atoms with Crippen molar-refractivity contribution in [2.24, 2.45) is 0 Å². The molecule has 0 radical (unpaired) electrons. The van der Waals surface area contributed by atoms with Gasteiger partial charge in [0.05, 0.1) is 18.1 Å². The smallest absolute Gasteiger partial charge is 0.172 e. The highest BCUT2D eigenvalue weighted by Crippen LogP contribution is 2.09. The minimum Gasteiger partial charge on any atom is -0.239 e. The summed E-state index contributed by atoms with van der Waals surface area (Å²) < 4.78 is 1.73. The van der Waals surface area contributed by atoms with Gasteiger partial charge in [-0.25, -0.2) is 14.6 Å². The van der Waals surface area contributed by atoms with E-state index in [2.05, 4.69) is 15.1 Å². The van der Waals surface area contributed by atoms with Gasteiger partial charge < -0.3 is 0 Å². The quantitative estimate of drug-likeness (QED) is 0.719. The molecule has 2 aromatic rings. The van der Waals surface area contributed by atoms with E-state index in [-0.39, 0.29) is 0 Å². The Hall–Kier alpha value is -1.42. The van der Waals surface area contributed by atoms with Gasteiger partial charge in [0.15, 0.2) is 5.82 Å². The number of hydrogen-bond donors (Lipinski definition) is 0. The first kappa shape index (κ1) is 9.15. The second-order valence-electron chi connectivity index (χ2n) is 3.04. The molecule has 0 unspecified atom stereocenters. The van der Waals surface area contributed by atoms with Crippen molar-refractivity contribution in [2.45, 2.75) is 13.8 Å². The Kier molecular flexibility index (Phi) is 2.21. The fourth-order valence-corrected chi connectivity index (χ4v) is 1.37. The van der Waals surface area contributed by atoms with Crippen molar-refractivity contribution in [1.82, 2.24) is 19.7 Å². The number of aryl methyl sites for hydroxylation is 2. The van der Waals surface area contributed by atoms with Crippen LogP contribution >= 0.6 is 11.6 Å². The molecular formula is C9H9ClN4. The minimum atomic E-state index is 0.385. The van der Waals surface area contributed by atoms with Crippen LogP contribution in [0.25, 0.3) is 5.82 Å². The van der Waals surface area contributed by atoms with Crippen molar-refractivity contribution in [3.8, 4) is 5.82 Å². The molecule has 2 heterocycles. The number of halogens is 1. The van der Waals surface area contributed by atoms with Crippen LogP contribution in [-0.4, -0.2) is 19.7 Å². The van der Waals surface area contributed by atoms with E-state index in [4.69, 9.17) is 11.6 Å². The Morgan fingerprint density at radius 1 is 1.21 bits per heavy atom. The lowest BCUT2D eigenvalue weighted by molar-refractivity contribution is 0.799. The highest BCUT2D eigenvalue weighted by atomic mass is 35.5. The molecule has 0 atom stereocenters. The molecule has 0 amide bonds. The third-order valence-corrected chi connectivity index (χ3v) is 2.03. The number of aromatic nitrogens is 4. The highest BCUT2D eigenvalue weighted by molar-refractivity contribution is 6.29. The summed E-state index contributed by atoms with van der Waals surface area (Å²) in [5.41, 5.74) is 1.98. The molecule has 0 fully saturated rings. The van der Waals surface area contributed by atoms with Crippen molar-refractivity contribution in [3.63, 3.8) is 0 Å².